The van der Waals surface area contributed by atoms with Crippen molar-refractivity contribution < 1.29 is 9.18 Å². The van der Waals surface area contributed by atoms with Gasteiger partial charge in [0.15, 0.2) is 5.96 Å². The lowest BCUT2D eigenvalue weighted by Crippen LogP contribution is -2.58. The maximum Gasteiger partial charge on any atom is 0.231 e. The van der Waals surface area contributed by atoms with E-state index in [0.29, 0.717) is 17.0 Å². The van der Waals surface area contributed by atoms with Crippen LogP contribution in [0.5, 0.6) is 0 Å². The zero-order chi connectivity index (χ0) is 17.5. The van der Waals surface area contributed by atoms with E-state index in [0.717, 1.165) is 0 Å². The van der Waals surface area contributed by atoms with E-state index in [9.17, 15) is 9.18 Å². The molecule has 1 aliphatic heterocycles. The van der Waals surface area contributed by atoms with Gasteiger partial charge in [-0.1, -0.05) is 17.7 Å². The maximum atomic E-state index is 13.3. The average Bonchev–Trinajstić information content (AvgIpc) is 2.55. The minimum atomic E-state index is -0.777. The third-order valence-corrected chi connectivity index (χ3v) is 4.43. The van der Waals surface area contributed by atoms with Crippen LogP contribution in [0.4, 0.5) is 4.39 Å². The normalized spacial score (nSPS) is 20.9. The first-order valence-corrected chi connectivity index (χ1v) is 7.74. The number of halogens is 2. The Morgan fingerprint density at radius 3 is 2.79 bits per heavy atom. The molecule has 1 saturated heterocycles. The third-order valence-electron chi connectivity index (χ3n) is 4.14. The lowest BCUT2D eigenvalue weighted by molar-refractivity contribution is -0.129. The molecule has 124 valence electrons. The van der Waals surface area contributed by atoms with E-state index in [2.05, 4.69) is 10.3 Å². The first-order chi connectivity index (χ1) is 11.3. The molecule has 2 aromatic rings. The number of nitrogens with zero attached hydrogens (tertiary/aromatic N) is 2. The number of hydrogen-bond donors (Lipinski definition) is 2. The molecule has 24 heavy (non-hydrogen) atoms. The van der Waals surface area contributed by atoms with Crippen LogP contribution < -0.4 is 5.32 Å². The number of rotatable bonds is 2. The van der Waals surface area contributed by atoms with Crippen LogP contribution in [0.25, 0.3) is 11.3 Å². The van der Waals surface area contributed by atoms with Crippen LogP contribution in [0.1, 0.15) is 19.0 Å². The number of carbonyl (C=O) groups is 1. The molecule has 3 rings (SSSR count). The molecule has 1 aromatic carbocycles. The summed E-state index contributed by atoms with van der Waals surface area (Å²) in [5.74, 6) is -0.608. The standard InChI is InChI=1S/C17H16ClFN4O/c1-17(9-15(24)23(2)16(20)22-17)14-5-3-4-13(21-14)10-6-7-12(19)11(18)8-10/h3-8H,9H2,1-2H3,(H2,20,22)/t17-/m0/s1. The second-order valence-corrected chi connectivity index (χ2v) is 6.38. The van der Waals surface area contributed by atoms with Crippen LogP contribution >= 0.6 is 11.6 Å². The van der Waals surface area contributed by atoms with Crippen LogP contribution in [0, 0.1) is 11.2 Å². The minimum Gasteiger partial charge on any atom is -0.345 e. The number of benzene rings is 1. The van der Waals surface area contributed by atoms with Crippen molar-refractivity contribution in [2.45, 2.75) is 18.9 Å². The van der Waals surface area contributed by atoms with E-state index in [1.54, 1.807) is 25.2 Å². The predicted octanol–water partition coefficient (Wildman–Crippen LogP) is 3.14. The van der Waals surface area contributed by atoms with Crippen LogP contribution in [0.2, 0.25) is 5.02 Å². The van der Waals surface area contributed by atoms with Gasteiger partial charge in [0, 0.05) is 12.6 Å². The molecular formula is C17H16ClFN4O. The molecular weight excluding hydrogens is 331 g/mol. The summed E-state index contributed by atoms with van der Waals surface area (Å²) in [5, 5.41) is 11.0. The summed E-state index contributed by atoms with van der Waals surface area (Å²) >= 11 is 5.84. The molecule has 2 heterocycles. The van der Waals surface area contributed by atoms with Crippen molar-refractivity contribution in [1.29, 1.82) is 5.41 Å². The molecule has 1 fully saturated rings. The second-order valence-electron chi connectivity index (χ2n) is 5.97. The Labute approximate surface area is 144 Å². The van der Waals surface area contributed by atoms with Gasteiger partial charge < -0.3 is 5.32 Å². The topological polar surface area (TPSA) is 69.1 Å². The van der Waals surface area contributed by atoms with Crippen molar-refractivity contribution in [1.82, 2.24) is 15.2 Å². The number of carbonyl (C=O) groups excluding carboxylic acids is 1. The van der Waals surface area contributed by atoms with Crippen molar-refractivity contribution in [2.24, 2.45) is 0 Å². The number of hydrogen-bond acceptors (Lipinski definition) is 3. The van der Waals surface area contributed by atoms with E-state index in [1.165, 1.54) is 17.0 Å². The van der Waals surface area contributed by atoms with Gasteiger partial charge in [-0.25, -0.2) is 4.39 Å². The monoisotopic (exact) mass is 346 g/mol. The summed E-state index contributed by atoms with van der Waals surface area (Å²) in [7, 11) is 1.56. The van der Waals surface area contributed by atoms with Crippen molar-refractivity contribution in [3.8, 4) is 11.3 Å². The summed E-state index contributed by atoms with van der Waals surface area (Å²) in [4.78, 5) is 18.0. The Balaban J connectivity index is 2.00. The van der Waals surface area contributed by atoms with Crippen molar-refractivity contribution >= 4 is 23.5 Å². The number of aromatic nitrogens is 1. The molecule has 2 N–H and O–H groups in total. The molecule has 0 unspecified atom stereocenters. The first-order valence-electron chi connectivity index (χ1n) is 7.36. The fraction of sp³-hybridized carbons (Fsp3) is 0.235. The predicted molar refractivity (Wildman–Crippen MR) is 90.2 cm³/mol. The van der Waals surface area contributed by atoms with Crippen molar-refractivity contribution in [2.75, 3.05) is 7.05 Å². The number of amides is 1. The van der Waals surface area contributed by atoms with Gasteiger partial charge in [0.1, 0.15) is 5.82 Å². The molecule has 0 radical (unpaired) electrons. The molecule has 0 spiro atoms. The van der Waals surface area contributed by atoms with Crippen LogP contribution in [0.15, 0.2) is 36.4 Å². The molecule has 1 atom stereocenters. The fourth-order valence-corrected chi connectivity index (χ4v) is 2.83. The zero-order valence-electron chi connectivity index (χ0n) is 13.2. The lowest BCUT2D eigenvalue weighted by Gasteiger charge is -2.38. The van der Waals surface area contributed by atoms with Gasteiger partial charge in [0.25, 0.3) is 0 Å². The Morgan fingerprint density at radius 2 is 2.12 bits per heavy atom. The average molecular weight is 347 g/mol. The van der Waals surface area contributed by atoms with Crippen molar-refractivity contribution in [3.05, 3.63) is 52.9 Å². The van der Waals surface area contributed by atoms with Gasteiger partial charge in [0.2, 0.25) is 5.91 Å². The summed E-state index contributed by atoms with van der Waals surface area (Å²) in [6.45, 7) is 1.83. The van der Waals surface area contributed by atoms with Gasteiger partial charge in [-0.2, -0.15) is 0 Å². The Kier molecular flexibility index (Phi) is 4.01. The second kappa shape index (κ2) is 5.87. The summed E-state index contributed by atoms with van der Waals surface area (Å²) < 4.78 is 13.3. The number of guanidine groups is 1. The summed E-state index contributed by atoms with van der Waals surface area (Å²) in [6, 6.07) is 9.81. The Hall–Kier alpha value is -2.47. The smallest absolute Gasteiger partial charge is 0.231 e. The van der Waals surface area contributed by atoms with Gasteiger partial charge >= 0.3 is 0 Å². The van der Waals surface area contributed by atoms with Crippen molar-refractivity contribution in [3.63, 3.8) is 0 Å². The highest BCUT2D eigenvalue weighted by Crippen LogP contribution is 2.30. The molecule has 5 nitrogen and oxygen atoms in total. The molecule has 1 aromatic heterocycles. The van der Waals surface area contributed by atoms with E-state index >= 15 is 0 Å². The molecule has 7 heteroatoms. The Morgan fingerprint density at radius 1 is 1.38 bits per heavy atom. The molecule has 0 bridgehead atoms. The molecule has 0 aliphatic carbocycles. The van der Waals surface area contributed by atoms with Crippen LogP contribution in [-0.4, -0.2) is 28.8 Å². The minimum absolute atomic E-state index is 0.0280. The SMILES string of the molecule is CN1C(=N)N[C@](C)(c2cccc(-c3ccc(F)c(Cl)c3)n2)CC1=O. The number of pyridine rings is 1. The molecule has 0 saturated carbocycles. The quantitative estimate of drug-likeness (QED) is 0.877. The molecule has 1 aliphatic rings. The zero-order valence-corrected chi connectivity index (χ0v) is 14.0. The summed E-state index contributed by atoms with van der Waals surface area (Å²) in [6.07, 6.45) is 0.187. The maximum absolute atomic E-state index is 13.3. The largest absolute Gasteiger partial charge is 0.345 e. The van der Waals surface area contributed by atoms with Gasteiger partial charge in [-0.05, 0) is 37.3 Å². The highest BCUT2D eigenvalue weighted by atomic mass is 35.5. The van der Waals surface area contributed by atoms with E-state index in [1.807, 2.05) is 13.0 Å². The van der Waals surface area contributed by atoms with Gasteiger partial charge in [0.05, 0.1) is 28.4 Å². The summed E-state index contributed by atoms with van der Waals surface area (Å²) in [5.41, 5.74) is 1.16. The Bertz CT molecular complexity index is 821. The number of nitrogens with one attached hydrogen (secondary N) is 2. The van der Waals surface area contributed by atoms with Crippen LogP contribution in [-0.2, 0) is 10.3 Å². The lowest BCUT2D eigenvalue weighted by atomic mass is 9.90. The first kappa shape index (κ1) is 16.4. The van der Waals surface area contributed by atoms with E-state index in [-0.39, 0.29) is 23.3 Å². The third kappa shape index (κ3) is 2.85. The highest BCUT2D eigenvalue weighted by Gasteiger charge is 2.39. The molecule has 1 amide bonds. The fourth-order valence-electron chi connectivity index (χ4n) is 2.65. The van der Waals surface area contributed by atoms with E-state index < -0.39 is 11.4 Å². The van der Waals surface area contributed by atoms with Crippen LogP contribution in [0.3, 0.4) is 0 Å². The highest BCUT2D eigenvalue weighted by molar-refractivity contribution is 6.31. The van der Waals surface area contributed by atoms with Gasteiger partial charge in [-0.15, -0.1) is 0 Å². The van der Waals surface area contributed by atoms with E-state index in [4.69, 9.17) is 17.0 Å². The van der Waals surface area contributed by atoms with Gasteiger partial charge in [-0.3, -0.25) is 20.1 Å².